The maximum absolute atomic E-state index is 12.7. The van der Waals surface area contributed by atoms with E-state index in [1.165, 1.54) is 70.6 Å². The van der Waals surface area contributed by atoms with Gasteiger partial charge in [-0.15, -0.1) is 0 Å². The smallest absolute Gasteiger partial charge is 0.306 e. The van der Waals surface area contributed by atoms with E-state index in [9.17, 15) is 14.4 Å². The summed E-state index contributed by atoms with van der Waals surface area (Å²) < 4.78 is 16.7. The van der Waals surface area contributed by atoms with Gasteiger partial charge in [0.2, 0.25) is 0 Å². The SMILES string of the molecule is CC\C=C/C=C\C=C/C=C\C=C/CCCC(=O)OCC(COC(=O)CCCCCCCCC/C=C\C/C=C\CC)OC(=O)CCCCC/C=C\CCCCCCCCC. The van der Waals surface area contributed by atoms with Gasteiger partial charge in [0.1, 0.15) is 13.2 Å². The molecule has 0 aromatic carbocycles. The molecule has 1 atom stereocenters. The highest BCUT2D eigenvalue weighted by molar-refractivity contribution is 5.71. The average Bonchev–Trinajstić information content (AvgIpc) is 3.23. The van der Waals surface area contributed by atoms with Gasteiger partial charge < -0.3 is 14.2 Å². The fourth-order valence-corrected chi connectivity index (χ4v) is 6.15. The Balaban J connectivity index is 4.53. The van der Waals surface area contributed by atoms with Crippen LogP contribution in [0.5, 0.6) is 0 Å². The van der Waals surface area contributed by atoms with Crippen molar-refractivity contribution in [1.82, 2.24) is 0 Å². The number of hydrogen-bond donors (Lipinski definition) is 0. The summed E-state index contributed by atoms with van der Waals surface area (Å²) in [4.78, 5) is 37.8. The van der Waals surface area contributed by atoms with Crippen LogP contribution >= 0.6 is 0 Å². The Hall–Kier alpha value is -3.67. The molecule has 0 rings (SSSR count). The maximum atomic E-state index is 12.7. The third kappa shape index (κ3) is 45.3. The van der Waals surface area contributed by atoms with Crippen LogP contribution < -0.4 is 0 Å². The normalized spacial score (nSPS) is 12.9. The summed E-state index contributed by atoms with van der Waals surface area (Å²) >= 11 is 0. The summed E-state index contributed by atoms with van der Waals surface area (Å²) in [5.74, 6) is -1.02. The number of allylic oxidation sites excluding steroid dienone is 16. The second kappa shape index (κ2) is 47.0. The highest BCUT2D eigenvalue weighted by Crippen LogP contribution is 2.13. The molecule has 0 aromatic heterocycles. The van der Waals surface area contributed by atoms with Gasteiger partial charge in [0, 0.05) is 19.3 Å². The Morgan fingerprint density at radius 3 is 1.31 bits per heavy atom. The Morgan fingerprint density at radius 2 is 0.763 bits per heavy atom. The Bertz CT molecular complexity index is 1220. The van der Waals surface area contributed by atoms with Gasteiger partial charge in [-0.1, -0.05) is 195 Å². The van der Waals surface area contributed by atoms with Crippen molar-refractivity contribution in [3.63, 3.8) is 0 Å². The van der Waals surface area contributed by atoms with Crippen molar-refractivity contribution in [3.05, 3.63) is 97.2 Å². The number of unbranched alkanes of at least 4 members (excludes halogenated alkanes) is 18. The average molecular weight is 819 g/mol. The van der Waals surface area contributed by atoms with Crippen LogP contribution in [0.4, 0.5) is 0 Å². The summed E-state index contributed by atoms with van der Waals surface area (Å²) in [5.41, 5.74) is 0. The van der Waals surface area contributed by atoms with E-state index in [1.807, 2.05) is 54.7 Å². The van der Waals surface area contributed by atoms with Gasteiger partial charge in [-0.2, -0.15) is 0 Å². The van der Waals surface area contributed by atoms with E-state index in [4.69, 9.17) is 14.2 Å². The number of esters is 3. The summed E-state index contributed by atoms with van der Waals surface area (Å²) in [6, 6.07) is 0. The first kappa shape index (κ1) is 55.3. The monoisotopic (exact) mass is 819 g/mol. The quantitative estimate of drug-likeness (QED) is 0.0201. The van der Waals surface area contributed by atoms with E-state index in [2.05, 4.69) is 63.3 Å². The molecule has 334 valence electrons. The first-order valence-electron chi connectivity index (χ1n) is 23.8. The van der Waals surface area contributed by atoms with Gasteiger partial charge in [0.15, 0.2) is 6.10 Å². The number of rotatable bonds is 41. The minimum Gasteiger partial charge on any atom is -0.462 e. The lowest BCUT2D eigenvalue weighted by Gasteiger charge is -2.18. The molecule has 0 amide bonds. The third-order valence-electron chi connectivity index (χ3n) is 9.68. The summed E-state index contributed by atoms with van der Waals surface area (Å²) in [5, 5.41) is 0. The van der Waals surface area contributed by atoms with Crippen molar-refractivity contribution >= 4 is 17.9 Å². The molecule has 0 saturated heterocycles. The molecule has 59 heavy (non-hydrogen) atoms. The van der Waals surface area contributed by atoms with Crippen LogP contribution in [0.2, 0.25) is 0 Å². The van der Waals surface area contributed by atoms with E-state index < -0.39 is 6.10 Å². The molecule has 0 heterocycles. The van der Waals surface area contributed by atoms with Crippen molar-refractivity contribution in [3.8, 4) is 0 Å². The first-order valence-corrected chi connectivity index (χ1v) is 23.8. The lowest BCUT2D eigenvalue weighted by atomic mass is 10.1. The lowest BCUT2D eigenvalue weighted by Crippen LogP contribution is -2.30. The molecule has 1 unspecified atom stereocenters. The molecule has 6 nitrogen and oxygen atoms in total. The first-order chi connectivity index (χ1) is 29.0. The minimum atomic E-state index is -0.816. The zero-order valence-corrected chi connectivity index (χ0v) is 38.0. The minimum absolute atomic E-state index is 0.112. The van der Waals surface area contributed by atoms with E-state index in [0.717, 1.165) is 83.5 Å². The van der Waals surface area contributed by atoms with Crippen LogP contribution in [-0.2, 0) is 28.6 Å². The Kier molecular flexibility index (Phi) is 44.1. The Labute approximate surface area is 362 Å². The fourth-order valence-electron chi connectivity index (χ4n) is 6.15. The predicted molar refractivity (Wildman–Crippen MR) is 251 cm³/mol. The standard InChI is InChI=1S/C53H86O6/c1-4-7-10-13-16-19-22-25-28-31-34-37-40-43-46-52(55)58-49-50(48-57-51(54)45-42-39-36-33-30-27-24-21-18-15-12-9-6-3)59-53(56)47-44-41-38-35-32-29-26-23-20-17-14-11-8-5-2/h7,9-10,12,15-16,18-19,21,24,27,29-30,32-33,36,50H,4-6,8,11,13-14,17,20,22-23,25-26,28,31,34-35,37-49H2,1-3H3/b10-7-,12-9-,18-15-,19-16-,24-21-,30-27-,32-29-,36-33-. The molecule has 6 heteroatoms. The van der Waals surface area contributed by atoms with Crippen molar-refractivity contribution in [2.75, 3.05) is 13.2 Å². The zero-order valence-electron chi connectivity index (χ0n) is 38.0. The molecule has 0 aliphatic rings. The van der Waals surface area contributed by atoms with Crippen LogP contribution in [0.15, 0.2) is 97.2 Å². The summed E-state index contributed by atoms with van der Waals surface area (Å²) in [6.07, 6.45) is 61.1. The van der Waals surface area contributed by atoms with Gasteiger partial charge in [0.05, 0.1) is 0 Å². The molecule has 0 radical (unpaired) electrons. The molecule has 0 spiro atoms. The topological polar surface area (TPSA) is 78.9 Å². The molecule has 0 bridgehead atoms. The maximum Gasteiger partial charge on any atom is 0.306 e. The van der Waals surface area contributed by atoms with Crippen LogP contribution in [-0.4, -0.2) is 37.2 Å². The van der Waals surface area contributed by atoms with Crippen molar-refractivity contribution < 1.29 is 28.6 Å². The molecule has 0 N–H and O–H groups in total. The third-order valence-corrected chi connectivity index (χ3v) is 9.68. The van der Waals surface area contributed by atoms with Crippen LogP contribution in [0.25, 0.3) is 0 Å². The highest BCUT2D eigenvalue weighted by Gasteiger charge is 2.19. The molecule has 0 saturated carbocycles. The van der Waals surface area contributed by atoms with E-state index >= 15 is 0 Å². The van der Waals surface area contributed by atoms with Crippen LogP contribution in [0.3, 0.4) is 0 Å². The van der Waals surface area contributed by atoms with Crippen molar-refractivity contribution in [1.29, 1.82) is 0 Å². The number of carbonyl (C=O) groups excluding carboxylic acids is 3. The molecular formula is C53H86O6. The predicted octanol–water partition coefficient (Wildman–Crippen LogP) is 15.4. The highest BCUT2D eigenvalue weighted by atomic mass is 16.6. The van der Waals surface area contributed by atoms with Crippen LogP contribution in [0, 0.1) is 0 Å². The molecule has 0 aromatic rings. The fraction of sp³-hybridized carbons (Fsp3) is 0.642. The number of hydrogen-bond acceptors (Lipinski definition) is 6. The lowest BCUT2D eigenvalue weighted by molar-refractivity contribution is -0.167. The van der Waals surface area contributed by atoms with Crippen molar-refractivity contribution in [2.45, 2.75) is 207 Å². The molecular weight excluding hydrogens is 733 g/mol. The second-order valence-corrected chi connectivity index (χ2v) is 15.4. The molecule has 0 aliphatic heterocycles. The number of carbonyl (C=O) groups is 3. The largest absolute Gasteiger partial charge is 0.462 e. The van der Waals surface area contributed by atoms with Crippen molar-refractivity contribution in [2.24, 2.45) is 0 Å². The van der Waals surface area contributed by atoms with E-state index in [-0.39, 0.29) is 44.0 Å². The number of ether oxygens (including phenoxy) is 3. The van der Waals surface area contributed by atoms with Gasteiger partial charge >= 0.3 is 17.9 Å². The second-order valence-electron chi connectivity index (χ2n) is 15.4. The van der Waals surface area contributed by atoms with Gasteiger partial charge in [-0.25, -0.2) is 0 Å². The van der Waals surface area contributed by atoms with Gasteiger partial charge in [0.25, 0.3) is 0 Å². The summed E-state index contributed by atoms with van der Waals surface area (Å²) in [6.45, 7) is 6.28. The van der Waals surface area contributed by atoms with E-state index in [1.54, 1.807) is 0 Å². The molecule has 0 aliphatic carbocycles. The van der Waals surface area contributed by atoms with Gasteiger partial charge in [-0.05, 0) is 83.5 Å². The molecule has 0 fully saturated rings. The van der Waals surface area contributed by atoms with E-state index in [0.29, 0.717) is 12.8 Å². The summed E-state index contributed by atoms with van der Waals surface area (Å²) in [7, 11) is 0. The zero-order chi connectivity index (χ0) is 43.0. The van der Waals surface area contributed by atoms with Crippen LogP contribution in [0.1, 0.15) is 201 Å². The van der Waals surface area contributed by atoms with Gasteiger partial charge in [-0.3, -0.25) is 14.4 Å². The Morgan fingerprint density at radius 1 is 0.373 bits per heavy atom.